The Labute approximate surface area is 129 Å². The molecule has 0 N–H and O–H groups in total. The molecule has 112 valence electrons. The van der Waals surface area contributed by atoms with Gasteiger partial charge in [-0.25, -0.2) is 13.4 Å². The van der Waals surface area contributed by atoms with E-state index in [0.717, 1.165) is 42.3 Å². The third-order valence-electron chi connectivity index (χ3n) is 3.72. The molecule has 0 fully saturated rings. The van der Waals surface area contributed by atoms with Gasteiger partial charge in [0.1, 0.15) is 0 Å². The second kappa shape index (κ2) is 5.42. The standard InChI is InChI=1S/C15H18N2O2S2/c1-11-16-13(10-20-11)9-17-7-3-4-12-5-6-14(8-15(12)17)21(2,18)19/h5-6,8,10H,3-4,7,9H2,1-2H3. The van der Waals surface area contributed by atoms with Crippen LogP contribution in [0.4, 0.5) is 5.69 Å². The molecule has 4 nitrogen and oxygen atoms in total. The van der Waals surface area contributed by atoms with E-state index in [4.69, 9.17) is 0 Å². The van der Waals surface area contributed by atoms with Crippen molar-refractivity contribution in [3.8, 4) is 0 Å². The molecule has 2 heterocycles. The van der Waals surface area contributed by atoms with Crippen LogP contribution in [0.2, 0.25) is 0 Å². The van der Waals surface area contributed by atoms with Gasteiger partial charge in [-0.2, -0.15) is 0 Å². The topological polar surface area (TPSA) is 50.3 Å². The minimum absolute atomic E-state index is 0.391. The van der Waals surface area contributed by atoms with Crippen LogP contribution in [0.25, 0.3) is 0 Å². The summed E-state index contributed by atoms with van der Waals surface area (Å²) in [6, 6.07) is 5.47. The van der Waals surface area contributed by atoms with Gasteiger partial charge in [0.25, 0.3) is 0 Å². The van der Waals surface area contributed by atoms with Gasteiger partial charge in [0, 0.05) is 23.9 Å². The predicted molar refractivity (Wildman–Crippen MR) is 85.8 cm³/mol. The fourth-order valence-electron chi connectivity index (χ4n) is 2.70. The Hall–Kier alpha value is -1.40. The van der Waals surface area contributed by atoms with E-state index in [9.17, 15) is 8.42 Å². The number of thiazole rings is 1. The minimum Gasteiger partial charge on any atom is -0.365 e. The lowest BCUT2D eigenvalue weighted by Gasteiger charge is -2.31. The van der Waals surface area contributed by atoms with E-state index in [1.165, 1.54) is 11.8 Å². The molecule has 0 bridgehead atoms. The van der Waals surface area contributed by atoms with Crippen LogP contribution in [0, 0.1) is 6.92 Å². The van der Waals surface area contributed by atoms with Crippen LogP contribution >= 0.6 is 11.3 Å². The molecule has 0 radical (unpaired) electrons. The molecular formula is C15H18N2O2S2. The molecular weight excluding hydrogens is 304 g/mol. The summed E-state index contributed by atoms with van der Waals surface area (Å²) >= 11 is 1.65. The van der Waals surface area contributed by atoms with Crippen molar-refractivity contribution in [2.75, 3.05) is 17.7 Å². The quantitative estimate of drug-likeness (QED) is 0.872. The fourth-order valence-corrected chi connectivity index (χ4v) is 3.95. The van der Waals surface area contributed by atoms with E-state index in [-0.39, 0.29) is 0 Å². The molecule has 1 aliphatic heterocycles. The Morgan fingerprint density at radius 3 is 2.86 bits per heavy atom. The van der Waals surface area contributed by atoms with Crippen LogP contribution in [-0.4, -0.2) is 26.2 Å². The first kappa shape index (κ1) is 14.5. The zero-order valence-electron chi connectivity index (χ0n) is 12.2. The number of aromatic nitrogens is 1. The number of rotatable bonds is 3. The largest absolute Gasteiger partial charge is 0.365 e. The molecule has 0 amide bonds. The van der Waals surface area contributed by atoms with Crippen LogP contribution in [-0.2, 0) is 22.8 Å². The number of hydrogen-bond acceptors (Lipinski definition) is 5. The summed E-state index contributed by atoms with van der Waals surface area (Å²) in [6.07, 6.45) is 3.35. The predicted octanol–water partition coefficient (Wildman–Crippen LogP) is 2.81. The highest BCUT2D eigenvalue weighted by atomic mass is 32.2. The Bertz CT molecular complexity index is 766. The third-order valence-corrected chi connectivity index (χ3v) is 5.65. The molecule has 0 aliphatic carbocycles. The average molecular weight is 322 g/mol. The van der Waals surface area contributed by atoms with E-state index in [1.807, 2.05) is 19.1 Å². The van der Waals surface area contributed by atoms with Gasteiger partial charge >= 0.3 is 0 Å². The molecule has 0 atom stereocenters. The van der Waals surface area contributed by atoms with E-state index in [0.29, 0.717) is 4.90 Å². The maximum atomic E-state index is 11.8. The van der Waals surface area contributed by atoms with Crippen LogP contribution < -0.4 is 4.90 Å². The lowest BCUT2D eigenvalue weighted by Crippen LogP contribution is -2.29. The first-order valence-electron chi connectivity index (χ1n) is 6.92. The molecule has 0 spiro atoms. The van der Waals surface area contributed by atoms with E-state index < -0.39 is 9.84 Å². The van der Waals surface area contributed by atoms with Gasteiger partial charge in [0.2, 0.25) is 0 Å². The van der Waals surface area contributed by atoms with Crippen LogP contribution in [0.1, 0.15) is 22.7 Å². The summed E-state index contributed by atoms with van der Waals surface area (Å²) in [4.78, 5) is 7.14. The average Bonchev–Trinajstić information content (AvgIpc) is 2.83. The van der Waals surface area contributed by atoms with Crippen molar-refractivity contribution in [2.24, 2.45) is 0 Å². The smallest absolute Gasteiger partial charge is 0.175 e. The lowest BCUT2D eigenvalue weighted by atomic mass is 10.0. The van der Waals surface area contributed by atoms with Crippen molar-refractivity contribution >= 4 is 26.9 Å². The van der Waals surface area contributed by atoms with Crippen molar-refractivity contribution in [2.45, 2.75) is 31.2 Å². The lowest BCUT2D eigenvalue weighted by molar-refractivity contribution is 0.601. The summed E-state index contributed by atoms with van der Waals surface area (Å²) in [7, 11) is -3.17. The van der Waals surface area contributed by atoms with Gasteiger partial charge in [0.05, 0.1) is 22.1 Å². The first-order chi connectivity index (χ1) is 9.93. The second-order valence-electron chi connectivity index (χ2n) is 5.45. The van der Waals surface area contributed by atoms with Gasteiger partial charge in [-0.1, -0.05) is 6.07 Å². The highest BCUT2D eigenvalue weighted by molar-refractivity contribution is 7.90. The van der Waals surface area contributed by atoms with Crippen molar-refractivity contribution in [1.82, 2.24) is 4.98 Å². The van der Waals surface area contributed by atoms with Gasteiger partial charge in [0.15, 0.2) is 9.84 Å². The molecule has 0 saturated heterocycles. The number of benzene rings is 1. The molecule has 0 unspecified atom stereocenters. The zero-order valence-corrected chi connectivity index (χ0v) is 13.8. The fraction of sp³-hybridized carbons (Fsp3) is 0.400. The molecule has 1 aliphatic rings. The minimum atomic E-state index is -3.17. The highest BCUT2D eigenvalue weighted by Crippen LogP contribution is 2.31. The summed E-state index contributed by atoms with van der Waals surface area (Å²) in [5.74, 6) is 0. The van der Waals surface area contributed by atoms with E-state index in [1.54, 1.807) is 17.4 Å². The summed E-state index contributed by atoms with van der Waals surface area (Å²) in [5.41, 5.74) is 3.31. The van der Waals surface area contributed by atoms with Gasteiger partial charge < -0.3 is 4.90 Å². The zero-order chi connectivity index (χ0) is 15.0. The number of hydrogen-bond donors (Lipinski definition) is 0. The van der Waals surface area contributed by atoms with Gasteiger partial charge in [-0.15, -0.1) is 11.3 Å². The third kappa shape index (κ3) is 3.11. The Kier molecular flexibility index (Phi) is 3.75. The van der Waals surface area contributed by atoms with Gasteiger partial charge in [-0.05, 0) is 37.5 Å². The number of aryl methyl sites for hydroxylation is 2. The summed E-state index contributed by atoms with van der Waals surface area (Å²) in [5, 5.41) is 3.14. The maximum Gasteiger partial charge on any atom is 0.175 e. The summed E-state index contributed by atoms with van der Waals surface area (Å²) in [6.45, 7) is 3.68. The van der Waals surface area contributed by atoms with Crippen molar-refractivity contribution in [1.29, 1.82) is 0 Å². The van der Waals surface area contributed by atoms with Crippen molar-refractivity contribution < 1.29 is 8.42 Å². The monoisotopic (exact) mass is 322 g/mol. The SMILES string of the molecule is Cc1nc(CN2CCCc3ccc(S(C)(=O)=O)cc32)cs1. The van der Waals surface area contributed by atoms with Gasteiger partial charge in [-0.3, -0.25) is 0 Å². The molecule has 2 aromatic rings. The molecule has 0 saturated carbocycles. The highest BCUT2D eigenvalue weighted by Gasteiger charge is 2.20. The first-order valence-corrected chi connectivity index (χ1v) is 9.69. The van der Waals surface area contributed by atoms with Crippen LogP contribution in [0.15, 0.2) is 28.5 Å². The molecule has 1 aromatic heterocycles. The summed E-state index contributed by atoms with van der Waals surface area (Å²) < 4.78 is 23.5. The number of sulfone groups is 1. The normalized spacial score (nSPS) is 15.0. The maximum absolute atomic E-state index is 11.8. The van der Waals surface area contributed by atoms with Crippen molar-refractivity contribution in [3.05, 3.63) is 39.8 Å². The Balaban J connectivity index is 1.96. The number of fused-ring (bicyclic) bond motifs is 1. The Morgan fingerprint density at radius 1 is 1.38 bits per heavy atom. The van der Waals surface area contributed by atoms with Crippen molar-refractivity contribution in [3.63, 3.8) is 0 Å². The molecule has 21 heavy (non-hydrogen) atoms. The molecule has 3 rings (SSSR count). The van der Waals surface area contributed by atoms with Crippen LogP contribution in [0.3, 0.4) is 0 Å². The van der Waals surface area contributed by atoms with Crippen LogP contribution in [0.5, 0.6) is 0 Å². The molecule has 1 aromatic carbocycles. The molecule has 6 heteroatoms. The van der Waals surface area contributed by atoms with E-state index in [2.05, 4.69) is 15.3 Å². The second-order valence-corrected chi connectivity index (χ2v) is 8.52. The van der Waals surface area contributed by atoms with E-state index >= 15 is 0 Å². The number of nitrogens with zero attached hydrogens (tertiary/aromatic N) is 2. The Morgan fingerprint density at radius 2 is 2.19 bits per heavy atom. The number of anilines is 1.